The van der Waals surface area contributed by atoms with Gasteiger partial charge in [-0.25, -0.2) is 9.18 Å². The number of alkyl halides is 1. The van der Waals surface area contributed by atoms with E-state index in [0.717, 1.165) is 0 Å². The number of ether oxygens (including phenoxy) is 1. The van der Waals surface area contributed by atoms with Gasteiger partial charge in [-0.15, -0.1) is 0 Å². The minimum atomic E-state index is -0.832. The molecular weight excluding hydrogens is 405 g/mol. The van der Waals surface area contributed by atoms with E-state index in [1.54, 1.807) is 4.90 Å². The van der Waals surface area contributed by atoms with Gasteiger partial charge in [-0.2, -0.15) is 5.10 Å². The number of hydrogen-bond donors (Lipinski definition) is 3. The molecule has 9 nitrogen and oxygen atoms in total. The predicted molar refractivity (Wildman–Crippen MR) is 112 cm³/mol. The Morgan fingerprint density at radius 2 is 1.77 bits per heavy atom. The van der Waals surface area contributed by atoms with Crippen molar-refractivity contribution >= 4 is 23.6 Å². The van der Waals surface area contributed by atoms with E-state index in [9.17, 15) is 18.8 Å². The number of aromatic amines is 1. The molecule has 0 atom stereocenters. The summed E-state index contributed by atoms with van der Waals surface area (Å²) in [6.07, 6.45) is 3.21. The lowest BCUT2D eigenvalue weighted by atomic mass is 9.87. The number of likely N-dealkylation sites (tertiary alicyclic amines) is 1. The normalized spacial score (nSPS) is 22.6. The number of anilines is 1. The van der Waals surface area contributed by atoms with Crippen molar-refractivity contribution in [3.63, 3.8) is 0 Å². The number of carbonyl (C=O) groups excluding carboxylic acids is 3. The average Bonchev–Trinajstić information content (AvgIpc) is 3.16. The van der Waals surface area contributed by atoms with Crippen molar-refractivity contribution in [2.75, 3.05) is 18.4 Å². The van der Waals surface area contributed by atoms with E-state index in [1.165, 1.54) is 6.20 Å². The van der Waals surface area contributed by atoms with Gasteiger partial charge in [-0.3, -0.25) is 14.7 Å². The first-order valence-corrected chi connectivity index (χ1v) is 10.9. The van der Waals surface area contributed by atoms with Gasteiger partial charge in [0.25, 0.3) is 5.91 Å². The molecule has 0 radical (unpaired) electrons. The highest BCUT2D eigenvalue weighted by Crippen LogP contribution is 2.27. The van der Waals surface area contributed by atoms with Crippen LogP contribution < -0.4 is 10.6 Å². The summed E-state index contributed by atoms with van der Waals surface area (Å²) in [5.74, 6) is -0.834. The second-order valence-electron chi connectivity index (χ2n) is 9.31. The monoisotopic (exact) mass is 437 g/mol. The molecule has 172 valence electrons. The molecule has 1 aromatic heterocycles. The minimum Gasteiger partial charge on any atom is -0.444 e. The first-order valence-electron chi connectivity index (χ1n) is 10.9. The number of aromatic nitrogens is 2. The van der Waals surface area contributed by atoms with Crippen molar-refractivity contribution in [1.82, 2.24) is 20.4 Å². The van der Waals surface area contributed by atoms with Gasteiger partial charge in [-0.1, -0.05) is 0 Å². The second kappa shape index (κ2) is 9.65. The molecule has 0 spiro atoms. The first-order chi connectivity index (χ1) is 14.6. The predicted octanol–water partition coefficient (Wildman–Crippen LogP) is 3.01. The molecule has 3 amide bonds. The van der Waals surface area contributed by atoms with Crippen LogP contribution in [0.1, 0.15) is 69.8 Å². The SMILES string of the molecule is CC(C)(C)OC(=O)N1CCC(NC(=O)c2[nH]ncc2NC(=O)C2CCC(F)CC2)CC1. The Morgan fingerprint density at radius 1 is 1.13 bits per heavy atom. The Labute approximate surface area is 181 Å². The summed E-state index contributed by atoms with van der Waals surface area (Å²) in [6, 6.07) is -0.0992. The van der Waals surface area contributed by atoms with Gasteiger partial charge >= 0.3 is 6.09 Å². The zero-order valence-electron chi connectivity index (χ0n) is 18.4. The van der Waals surface area contributed by atoms with Gasteiger partial charge in [-0.05, 0) is 59.3 Å². The molecule has 1 aliphatic heterocycles. The van der Waals surface area contributed by atoms with E-state index < -0.39 is 11.8 Å². The lowest BCUT2D eigenvalue weighted by molar-refractivity contribution is -0.121. The third kappa shape index (κ3) is 6.41. The largest absolute Gasteiger partial charge is 0.444 e. The Balaban J connectivity index is 1.49. The summed E-state index contributed by atoms with van der Waals surface area (Å²) in [6.45, 7) is 6.45. The maximum atomic E-state index is 13.3. The second-order valence-corrected chi connectivity index (χ2v) is 9.31. The molecular formula is C21H32FN5O4. The fraction of sp³-hybridized carbons (Fsp3) is 0.714. The maximum Gasteiger partial charge on any atom is 0.410 e. The number of rotatable bonds is 4. The summed E-state index contributed by atoms with van der Waals surface area (Å²) in [5, 5.41) is 12.2. The smallest absolute Gasteiger partial charge is 0.410 e. The highest BCUT2D eigenvalue weighted by molar-refractivity contribution is 6.02. The highest BCUT2D eigenvalue weighted by atomic mass is 19.1. The molecule has 3 N–H and O–H groups in total. The molecule has 1 aliphatic carbocycles. The number of hydrogen-bond acceptors (Lipinski definition) is 5. The van der Waals surface area contributed by atoms with E-state index in [2.05, 4.69) is 20.8 Å². The number of halogens is 1. The summed E-state index contributed by atoms with van der Waals surface area (Å²) in [7, 11) is 0. The highest BCUT2D eigenvalue weighted by Gasteiger charge is 2.30. The van der Waals surface area contributed by atoms with Crippen molar-refractivity contribution in [3.8, 4) is 0 Å². The van der Waals surface area contributed by atoms with Crippen molar-refractivity contribution in [1.29, 1.82) is 0 Å². The van der Waals surface area contributed by atoms with Gasteiger partial charge in [0.15, 0.2) is 0 Å². The Bertz CT molecular complexity index is 790. The molecule has 0 aromatic carbocycles. The van der Waals surface area contributed by atoms with Crippen LogP contribution in [0, 0.1) is 5.92 Å². The van der Waals surface area contributed by atoms with Crippen LogP contribution in [0.2, 0.25) is 0 Å². The zero-order chi connectivity index (χ0) is 22.6. The Kier molecular flexibility index (Phi) is 7.17. The summed E-state index contributed by atoms with van der Waals surface area (Å²) in [5.41, 5.74) is -0.0485. The van der Waals surface area contributed by atoms with Crippen LogP contribution >= 0.6 is 0 Å². The molecule has 2 heterocycles. The number of carbonyl (C=O) groups is 3. The van der Waals surface area contributed by atoms with Crippen LogP contribution in [0.15, 0.2) is 6.20 Å². The van der Waals surface area contributed by atoms with Crippen LogP contribution in [0.3, 0.4) is 0 Å². The van der Waals surface area contributed by atoms with Crippen molar-refractivity contribution < 1.29 is 23.5 Å². The van der Waals surface area contributed by atoms with Crippen molar-refractivity contribution in [2.45, 2.75) is 77.1 Å². The summed E-state index contributed by atoms with van der Waals surface area (Å²) >= 11 is 0. The molecule has 31 heavy (non-hydrogen) atoms. The summed E-state index contributed by atoms with van der Waals surface area (Å²) in [4.78, 5) is 39.0. The third-order valence-electron chi connectivity index (χ3n) is 5.63. The molecule has 0 bridgehead atoms. The molecule has 2 fully saturated rings. The van der Waals surface area contributed by atoms with Gasteiger partial charge in [0.2, 0.25) is 5.91 Å². The van der Waals surface area contributed by atoms with E-state index >= 15 is 0 Å². The minimum absolute atomic E-state index is 0.0992. The molecule has 1 saturated carbocycles. The number of nitrogens with one attached hydrogen (secondary N) is 3. The lowest BCUT2D eigenvalue weighted by Gasteiger charge is -2.33. The van der Waals surface area contributed by atoms with Crippen molar-refractivity contribution in [3.05, 3.63) is 11.9 Å². The standard InChI is InChI=1S/C21H32FN5O4/c1-21(2,3)31-20(30)27-10-8-15(9-11-27)24-19(29)17-16(12-23-26-17)25-18(28)13-4-6-14(22)7-5-13/h12-15H,4-11H2,1-3H3,(H,23,26)(H,24,29)(H,25,28). The molecule has 2 aliphatic rings. The fourth-order valence-electron chi connectivity index (χ4n) is 3.89. The molecule has 10 heteroatoms. The van der Waals surface area contributed by atoms with E-state index in [0.29, 0.717) is 57.3 Å². The molecule has 3 rings (SSSR count). The van der Waals surface area contributed by atoms with E-state index in [1.807, 2.05) is 20.8 Å². The topological polar surface area (TPSA) is 116 Å². The van der Waals surface area contributed by atoms with Crippen LogP contribution in [0.4, 0.5) is 14.9 Å². The number of piperidine rings is 1. The summed E-state index contributed by atoms with van der Waals surface area (Å²) < 4.78 is 18.7. The van der Waals surface area contributed by atoms with Crippen LogP contribution in [-0.4, -0.2) is 63.9 Å². The average molecular weight is 438 g/mol. The van der Waals surface area contributed by atoms with Gasteiger partial charge in [0.1, 0.15) is 17.5 Å². The molecule has 1 saturated heterocycles. The van der Waals surface area contributed by atoms with Gasteiger partial charge < -0.3 is 20.3 Å². The fourth-order valence-corrected chi connectivity index (χ4v) is 3.89. The number of H-pyrrole nitrogens is 1. The van der Waals surface area contributed by atoms with Gasteiger partial charge in [0, 0.05) is 25.0 Å². The molecule has 1 aromatic rings. The third-order valence-corrected chi connectivity index (χ3v) is 5.63. The number of amides is 3. The van der Waals surface area contributed by atoms with Crippen LogP contribution in [0.25, 0.3) is 0 Å². The Morgan fingerprint density at radius 3 is 2.39 bits per heavy atom. The Hall–Kier alpha value is -2.65. The van der Waals surface area contributed by atoms with Crippen LogP contribution in [-0.2, 0) is 9.53 Å². The quantitative estimate of drug-likeness (QED) is 0.670. The number of nitrogens with zero attached hydrogens (tertiary/aromatic N) is 2. The van der Waals surface area contributed by atoms with E-state index in [-0.39, 0.29) is 35.6 Å². The lowest BCUT2D eigenvalue weighted by Crippen LogP contribution is -2.48. The van der Waals surface area contributed by atoms with Gasteiger partial charge in [0.05, 0.1) is 11.9 Å². The van der Waals surface area contributed by atoms with Crippen LogP contribution in [0.5, 0.6) is 0 Å². The van der Waals surface area contributed by atoms with Crippen molar-refractivity contribution in [2.24, 2.45) is 5.92 Å². The zero-order valence-corrected chi connectivity index (χ0v) is 18.4. The first kappa shape index (κ1) is 23.0. The maximum absolute atomic E-state index is 13.3. The molecule has 0 unspecified atom stereocenters. The van der Waals surface area contributed by atoms with E-state index in [4.69, 9.17) is 4.74 Å².